The van der Waals surface area contributed by atoms with Crippen LogP contribution in [-0.4, -0.2) is 8.07 Å². The van der Waals surface area contributed by atoms with E-state index >= 15 is 0 Å². The van der Waals surface area contributed by atoms with E-state index < -0.39 is 8.07 Å². The Kier molecular flexibility index (Phi) is 7.86. The van der Waals surface area contributed by atoms with Crippen LogP contribution in [0.1, 0.15) is 133 Å². The second kappa shape index (κ2) is 10.4. The van der Waals surface area contributed by atoms with Crippen LogP contribution >= 0.6 is 0 Å². The average molecular weight is 567 g/mol. The summed E-state index contributed by atoms with van der Waals surface area (Å²) < 4.78 is 0. The molecule has 6 saturated carbocycles. The summed E-state index contributed by atoms with van der Waals surface area (Å²) in [5.41, 5.74) is 3.15. The van der Waals surface area contributed by atoms with Crippen LogP contribution in [0.15, 0.2) is 0 Å². The van der Waals surface area contributed by atoms with Crippen LogP contribution < -0.4 is 0 Å². The van der Waals surface area contributed by atoms with Crippen molar-refractivity contribution in [3.05, 3.63) is 0 Å². The van der Waals surface area contributed by atoms with E-state index in [-0.39, 0.29) is 0 Å². The molecule has 6 aliphatic carbocycles. The Labute approximate surface area is 252 Å². The highest BCUT2D eigenvalue weighted by atomic mass is 28.3. The molecule has 1 heteroatoms. The van der Waals surface area contributed by atoms with Gasteiger partial charge in [-0.3, -0.25) is 0 Å². The van der Waals surface area contributed by atoms with Crippen molar-refractivity contribution in [1.82, 2.24) is 0 Å². The minimum Gasteiger partial charge on any atom is -0.0689 e. The normalized spacial score (nSPS) is 51.5. The van der Waals surface area contributed by atoms with Crippen molar-refractivity contribution in [2.45, 2.75) is 157 Å². The fourth-order valence-electron chi connectivity index (χ4n) is 14.3. The van der Waals surface area contributed by atoms with Crippen molar-refractivity contribution in [2.75, 3.05) is 0 Å². The van der Waals surface area contributed by atoms with E-state index in [1.165, 1.54) is 19.3 Å². The van der Waals surface area contributed by atoms with Gasteiger partial charge in [0.2, 0.25) is 0 Å². The molecular weight excluding hydrogens is 497 g/mol. The molecule has 0 bridgehead atoms. The summed E-state index contributed by atoms with van der Waals surface area (Å²) in [4.78, 5) is 0. The Balaban J connectivity index is 1.36. The van der Waals surface area contributed by atoms with Gasteiger partial charge in [-0.15, -0.1) is 0 Å². The molecule has 14 atom stereocenters. The van der Waals surface area contributed by atoms with Gasteiger partial charge >= 0.3 is 0 Å². The molecule has 0 aliphatic heterocycles. The van der Waals surface area contributed by atoms with E-state index in [2.05, 4.69) is 75.4 Å². The summed E-state index contributed by atoms with van der Waals surface area (Å²) in [5.74, 6) is 13.4. The lowest BCUT2D eigenvalue weighted by Gasteiger charge is -2.54. The lowest BCUT2D eigenvalue weighted by atomic mass is 9.58. The fraction of sp³-hybridized carbons (Fsp3) is 1.00. The lowest BCUT2D eigenvalue weighted by Crippen LogP contribution is -2.50. The van der Waals surface area contributed by atoms with E-state index in [9.17, 15) is 0 Å². The maximum absolute atomic E-state index is 3.00. The van der Waals surface area contributed by atoms with Crippen LogP contribution in [0.3, 0.4) is 0 Å². The van der Waals surface area contributed by atoms with Crippen LogP contribution in [0.5, 0.6) is 0 Å². The monoisotopic (exact) mass is 567 g/mol. The highest BCUT2D eigenvalue weighted by molar-refractivity contribution is 6.80. The SMILES string of the molecule is CC1CCC2CC(C)C3C(CC(C)C3[Si](C)(C)C3C4CC(C(C)(C)C)CCC4C4CCC(C(C)(C)C)CC43)C2C1. The van der Waals surface area contributed by atoms with Crippen molar-refractivity contribution in [2.24, 2.45) is 87.8 Å². The lowest BCUT2D eigenvalue weighted by molar-refractivity contribution is 0.0182. The Morgan fingerprint density at radius 1 is 0.475 bits per heavy atom. The summed E-state index contributed by atoms with van der Waals surface area (Å²) in [7, 11) is -1.52. The predicted molar refractivity (Wildman–Crippen MR) is 177 cm³/mol. The Hall–Kier alpha value is 0.217. The summed E-state index contributed by atoms with van der Waals surface area (Å²) in [6.07, 6.45) is 17.1. The van der Waals surface area contributed by atoms with Gasteiger partial charge < -0.3 is 0 Å². The molecule has 0 nitrogen and oxygen atoms in total. The molecule has 0 N–H and O–H groups in total. The van der Waals surface area contributed by atoms with Gasteiger partial charge in [0.15, 0.2) is 0 Å². The molecular formula is C39H70Si. The Bertz CT molecular complexity index is 865. The zero-order valence-corrected chi connectivity index (χ0v) is 29.9. The van der Waals surface area contributed by atoms with Crippen molar-refractivity contribution in [3.63, 3.8) is 0 Å². The van der Waals surface area contributed by atoms with Gasteiger partial charge in [-0.25, -0.2) is 0 Å². The van der Waals surface area contributed by atoms with Crippen molar-refractivity contribution in [1.29, 1.82) is 0 Å². The Morgan fingerprint density at radius 3 is 1.55 bits per heavy atom. The zero-order chi connectivity index (χ0) is 28.9. The molecule has 0 aromatic carbocycles. The average Bonchev–Trinajstić information content (AvgIpc) is 3.39. The van der Waals surface area contributed by atoms with Crippen molar-refractivity contribution in [3.8, 4) is 0 Å². The second-order valence-corrected chi connectivity index (χ2v) is 25.3. The van der Waals surface area contributed by atoms with E-state index in [4.69, 9.17) is 0 Å². The molecule has 0 aromatic heterocycles. The minimum atomic E-state index is -1.52. The van der Waals surface area contributed by atoms with E-state index in [1.54, 1.807) is 51.4 Å². The topological polar surface area (TPSA) is 0 Å². The van der Waals surface area contributed by atoms with Crippen LogP contribution in [-0.2, 0) is 0 Å². The van der Waals surface area contributed by atoms with Crippen LogP contribution in [0.2, 0.25) is 24.2 Å². The largest absolute Gasteiger partial charge is 0.0689 e. The third kappa shape index (κ3) is 4.97. The van der Waals surface area contributed by atoms with Crippen molar-refractivity contribution < 1.29 is 0 Å². The second-order valence-electron chi connectivity index (χ2n) is 20.3. The van der Waals surface area contributed by atoms with Crippen LogP contribution in [0, 0.1) is 87.8 Å². The summed E-state index contributed by atoms with van der Waals surface area (Å²) >= 11 is 0. The van der Waals surface area contributed by atoms with Gasteiger partial charge in [0, 0.05) is 0 Å². The molecule has 230 valence electrons. The number of fused-ring (bicyclic) bond motifs is 6. The zero-order valence-electron chi connectivity index (χ0n) is 28.9. The number of hydrogen-bond donors (Lipinski definition) is 0. The molecule has 40 heavy (non-hydrogen) atoms. The van der Waals surface area contributed by atoms with Crippen molar-refractivity contribution >= 4 is 8.07 Å². The van der Waals surface area contributed by atoms with Crippen LogP contribution in [0.4, 0.5) is 0 Å². The first-order valence-corrected chi connectivity index (χ1v) is 21.7. The summed E-state index contributed by atoms with van der Waals surface area (Å²) in [6.45, 7) is 29.5. The van der Waals surface area contributed by atoms with Gasteiger partial charge in [-0.1, -0.05) is 81.8 Å². The highest BCUT2D eigenvalue weighted by Gasteiger charge is 2.64. The fourth-order valence-corrected chi connectivity index (χ4v) is 20.9. The molecule has 14 unspecified atom stereocenters. The van der Waals surface area contributed by atoms with Crippen LogP contribution in [0.25, 0.3) is 0 Å². The highest BCUT2D eigenvalue weighted by Crippen LogP contribution is 2.71. The molecule has 0 saturated heterocycles. The molecule has 6 aliphatic rings. The third-order valence-corrected chi connectivity index (χ3v) is 21.2. The van der Waals surface area contributed by atoms with Gasteiger partial charge in [0.05, 0.1) is 8.07 Å². The minimum absolute atomic E-state index is 0.485. The smallest absolute Gasteiger partial charge is 0.0547 e. The first-order valence-electron chi connectivity index (χ1n) is 18.6. The first-order chi connectivity index (χ1) is 18.6. The summed E-state index contributed by atoms with van der Waals surface area (Å²) in [6, 6.07) is 0. The molecule has 0 heterocycles. The molecule has 0 radical (unpaired) electrons. The van der Waals surface area contributed by atoms with Gasteiger partial charge in [0.1, 0.15) is 0 Å². The standard InChI is InChI=1S/C39H70Si/c1-23-12-13-26-19-24(2)35-32(31(26)18-23)20-25(3)36(35)40(10,11)37-33-21-27(38(4,5)6)14-16-29(33)30-17-15-28(22-34(30)37)39(7,8)9/h23-37H,12-22H2,1-11H3. The van der Waals surface area contributed by atoms with E-state index in [0.29, 0.717) is 10.8 Å². The quantitative estimate of drug-likeness (QED) is 0.292. The van der Waals surface area contributed by atoms with Gasteiger partial charge in [0.25, 0.3) is 0 Å². The van der Waals surface area contributed by atoms with E-state index in [0.717, 1.165) is 88.0 Å². The summed E-state index contributed by atoms with van der Waals surface area (Å²) in [5, 5.41) is 0. The number of rotatable bonds is 2. The molecule has 0 spiro atoms. The third-order valence-electron chi connectivity index (χ3n) is 15.9. The maximum atomic E-state index is 3.00. The molecule has 0 aromatic rings. The number of hydrogen-bond acceptors (Lipinski definition) is 0. The van der Waals surface area contributed by atoms with E-state index in [1.807, 2.05) is 0 Å². The van der Waals surface area contributed by atoms with Gasteiger partial charge in [-0.2, -0.15) is 0 Å². The van der Waals surface area contributed by atoms with Gasteiger partial charge in [-0.05, 0) is 163 Å². The maximum Gasteiger partial charge on any atom is 0.0547 e. The first kappa shape index (κ1) is 30.3. The predicted octanol–water partition coefficient (Wildman–Crippen LogP) is 12.0. The molecule has 0 amide bonds. The molecule has 6 rings (SSSR count). The Morgan fingerprint density at radius 2 is 1.02 bits per heavy atom. The molecule has 6 fully saturated rings.